The fraction of sp³-hybridized carbons (Fsp3) is 0.273. The number of hydrogen-bond acceptors (Lipinski definition) is 6. The van der Waals surface area contributed by atoms with E-state index in [4.69, 9.17) is 4.74 Å². The fourth-order valence-electron chi connectivity index (χ4n) is 2.72. The van der Waals surface area contributed by atoms with Gasteiger partial charge in [0.1, 0.15) is 12.4 Å². The summed E-state index contributed by atoms with van der Waals surface area (Å²) in [6.07, 6.45) is 0. The molecule has 0 spiro atoms. The summed E-state index contributed by atoms with van der Waals surface area (Å²) < 4.78 is 7.72. The van der Waals surface area contributed by atoms with Crippen LogP contribution in [-0.2, 0) is 18.4 Å². The van der Waals surface area contributed by atoms with Crippen molar-refractivity contribution in [2.24, 2.45) is 7.05 Å². The maximum absolute atomic E-state index is 12.2. The van der Waals surface area contributed by atoms with Gasteiger partial charge >= 0.3 is 0 Å². The number of anilines is 1. The van der Waals surface area contributed by atoms with E-state index in [9.17, 15) is 9.59 Å². The summed E-state index contributed by atoms with van der Waals surface area (Å²) >= 11 is 1.30. The summed E-state index contributed by atoms with van der Waals surface area (Å²) in [5.41, 5.74) is 3.44. The SMILES string of the molecule is CC(=O)c1ccc(NC(=O)CSc2nnc(COc3cc(C)ccc3C)n2C)cc1. The molecule has 0 saturated carbocycles. The van der Waals surface area contributed by atoms with Crippen molar-refractivity contribution in [3.8, 4) is 5.75 Å². The number of ether oxygens (including phenoxy) is 1. The minimum atomic E-state index is -0.160. The topological polar surface area (TPSA) is 86.1 Å². The number of nitrogens with one attached hydrogen (secondary N) is 1. The van der Waals surface area contributed by atoms with Crippen molar-refractivity contribution in [2.75, 3.05) is 11.1 Å². The molecule has 8 heteroatoms. The predicted octanol–water partition coefficient (Wildman–Crippen LogP) is 3.94. The zero-order valence-corrected chi connectivity index (χ0v) is 18.2. The van der Waals surface area contributed by atoms with Gasteiger partial charge in [-0.3, -0.25) is 9.59 Å². The number of nitrogens with zero attached hydrogens (tertiary/aromatic N) is 3. The van der Waals surface area contributed by atoms with Crippen molar-refractivity contribution in [3.05, 3.63) is 65.0 Å². The molecule has 1 N–H and O–H groups in total. The van der Waals surface area contributed by atoms with E-state index >= 15 is 0 Å². The third kappa shape index (κ3) is 5.48. The molecule has 1 amide bonds. The number of amides is 1. The first-order valence-electron chi connectivity index (χ1n) is 9.45. The number of benzene rings is 2. The van der Waals surface area contributed by atoms with Gasteiger partial charge in [0.2, 0.25) is 5.91 Å². The Morgan fingerprint density at radius 2 is 1.83 bits per heavy atom. The fourth-order valence-corrected chi connectivity index (χ4v) is 3.45. The van der Waals surface area contributed by atoms with E-state index < -0.39 is 0 Å². The first-order valence-corrected chi connectivity index (χ1v) is 10.4. The van der Waals surface area contributed by atoms with Crippen molar-refractivity contribution in [3.63, 3.8) is 0 Å². The molecule has 1 heterocycles. The summed E-state index contributed by atoms with van der Waals surface area (Å²) in [6, 6.07) is 12.9. The molecule has 0 aliphatic heterocycles. The zero-order valence-electron chi connectivity index (χ0n) is 17.4. The Balaban J connectivity index is 1.53. The van der Waals surface area contributed by atoms with Crippen LogP contribution in [0.3, 0.4) is 0 Å². The lowest BCUT2D eigenvalue weighted by atomic mass is 10.1. The minimum absolute atomic E-state index is 0.0111. The molecule has 0 fully saturated rings. The number of carbonyl (C=O) groups excluding carboxylic acids is 2. The summed E-state index contributed by atoms with van der Waals surface area (Å²) in [5, 5.41) is 11.8. The lowest BCUT2D eigenvalue weighted by Gasteiger charge is -2.10. The normalized spacial score (nSPS) is 10.7. The Hall–Kier alpha value is -3.13. The highest BCUT2D eigenvalue weighted by Crippen LogP contribution is 2.21. The summed E-state index contributed by atoms with van der Waals surface area (Å²) in [6.45, 7) is 5.82. The van der Waals surface area contributed by atoms with Gasteiger partial charge in [-0.15, -0.1) is 10.2 Å². The highest BCUT2D eigenvalue weighted by molar-refractivity contribution is 7.99. The number of Topliss-reactive ketones (excluding diaryl/α,β-unsaturated/α-hetero) is 1. The van der Waals surface area contributed by atoms with Crippen LogP contribution in [0.1, 0.15) is 34.2 Å². The van der Waals surface area contributed by atoms with Gasteiger partial charge in [-0.05, 0) is 62.2 Å². The van der Waals surface area contributed by atoms with Crippen LogP contribution in [0.4, 0.5) is 5.69 Å². The average molecular weight is 425 g/mol. The third-order valence-electron chi connectivity index (χ3n) is 4.53. The van der Waals surface area contributed by atoms with Crippen LogP contribution in [0.2, 0.25) is 0 Å². The molecule has 0 bridgehead atoms. The maximum Gasteiger partial charge on any atom is 0.234 e. The number of hydrogen-bond donors (Lipinski definition) is 1. The lowest BCUT2D eigenvalue weighted by molar-refractivity contribution is -0.113. The first-order chi connectivity index (χ1) is 14.3. The maximum atomic E-state index is 12.2. The number of rotatable bonds is 8. The second-order valence-electron chi connectivity index (χ2n) is 6.99. The van der Waals surface area contributed by atoms with Crippen molar-refractivity contribution < 1.29 is 14.3 Å². The molecule has 0 aliphatic rings. The van der Waals surface area contributed by atoms with Crippen molar-refractivity contribution in [1.82, 2.24) is 14.8 Å². The smallest absolute Gasteiger partial charge is 0.234 e. The molecule has 2 aromatic carbocycles. The van der Waals surface area contributed by atoms with E-state index in [2.05, 4.69) is 15.5 Å². The number of carbonyl (C=O) groups is 2. The van der Waals surface area contributed by atoms with Crippen LogP contribution >= 0.6 is 11.8 Å². The molecule has 1 aromatic heterocycles. The van der Waals surface area contributed by atoms with Crippen molar-refractivity contribution >= 4 is 29.1 Å². The van der Waals surface area contributed by atoms with Gasteiger partial charge in [-0.25, -0.2) is 0 Å². The monoisotopic (exact) mass is 424 g/mol. The summed E-state index contributed by atoms with van der Waals surface area (Å²) in [4.78, 5) is 23.5. The van der Waals surface area contributed by atoms with E-state index in [1.807, 2.05) is 43.7 Å². The molecule has 0 unspecified atom stereocenters. The Morgan fingerprint density at radius 3 is 2.53 bits per heavy atom. The van der Waals surface area contributed by atoms with Gasteiger partial charge in [0, 0.05) is 18.3 Å². The standard InChI is InChI=1S/C22H24N4O3S/c1-14-5-6-15(2)19(11-14)29-12-20-24-25-22(26(20)4)30-13-21(28)23-18-9-7-17(8-10-18)16(3)27/h5-11H,12-13H2,1-4H3,(H,23,28). The van der Waals surface area contributed by atoms with Crippen LogP contribution in [0.15, 0.2) is 47.6 Å². The van der Waals surface area contributed by atoms with E-state index in [0.717, 1.165) is 16.9 Å². The van der Waals surface area contributed by atoms with Gasteiger partial charge in [0.25, 0.3) is 0 Å². The van der Waals surface area contributed by atoms with E-state index in [1.54, 1.807) is 24.3 Å². The minimum Gasteiger partial charge on any atom is -0.485 e. The molecule has 0 radical (unpaired) electrons. The van der Waals surface area contributed by atoms with Crippen molar-refractivity contribution in [2.45, 2.75) is 32.5 Å². The van der Waals surface area contributed by atoms with Gasteiger partial charge in [0.15, 0.2) is 16.8 Å². The zero-order chi connectivity index (χ0) is 21.7. The quantitative estimate of drug-likeness (QED) is 0.435. The summed E-state index contributed by atoms with van der Waals surface area (Å²) in [7, 11) is 1.85. The molecule has 3 rings (SSSR count). The van der Waals surface area contributed by atoms with E-state index in [-0.39, 0.29) is 17.4 Å². The van der Waals surface area contributed by atoms with Crippen LogP contribution in [0.5, 0.6) is 5.75 Å². The van der Waals surface area contributed by atoms with Crippen LogP contribution in [-0.4, -0.2) is 32.2 Å². The molecule has 156 valence electrons. The molecule has 3 aromatic rings. The Kier molecular flexibility index (Phi) is 6.89. The highest BCUT2D eigenvalue weighted by atomic mass is 32.2. The summed E-state index contributed by atoms with van der Waals surface area (Å²) in [5.74, 6) is 1.52. The number of thioether (sulfide) groups is 1. The molecule has 0 aliphatic carbocycles. The third-order valence-corrected chi connectivity index (χ3v) is 5.55. The Labute approximate surface area is 179 Å². The Bertz CT molecular complexity index is 1060. The second kappa shape index (κ2) is 9.58. The molecule has 30 heavy (non-hydrogen) atoms. The van der Waals surface area contributed by atoms with Gasteiger partial charge in [-0.1, -0.05) is 23.9 Å². The number of aromatic nitrogens is 3. The molecule has 0 saturated heterocycles. The van der Waals surface area contributed by atoms with E-state index in [1.165, 1.54) is 18.7 Å². The average Bonchev–Trinajstić information content (AvgIpc) is 3.07. The van der Waals surface area contributed by atoms with Crippen LogP contribution < -0.4 is 10.1 Å². The van der Waals surface area contributed by atoms with Crippen LogP contribution in [0.25, 0.3) is 0 Å². The molecular formula is C22H24N4O3S. The number of aryl methyl sites for hydroxylation is 2. The van der Waals surface area contributed by atoms with Gasteiger partial charge < -0.3 is 14.6 Å². The van der Waals surface area contributed by atoms with E-state index in [0.29, 0.717) is 28.8 Å². The van der Waals surface area contributed by atoms with Gasteiger partial charge in [0.05, 0.1) is 5.75 Å². The number of ketones is 1. The predicted molar refractivity (Wildman–Crippen MR) is 117 cm³/mol. The largest absolute Gasteiger partial charge is 0.485 e. The highest BCUT2D eigenvalue weighted by Gasteiger charge is 2.13. The molecular weight excluding hydrogens is 400 g/mol. The second-order valence-corrected chi connectivity index (χ2v) is 7.93. The molecule has 7 nitrogen and oxygen atoms in total. The Morgan fingerprint density at radius 1 is 1.10 bits per heavy atom. The van der Waals surface area contributed by atoms with Crippen molar-refractivity contribution in [1.29, 1.82) is 0 Å². The van der Waals surface area contributed by atoms with Gasteiger partial charge in [-0.2, -0.15) is 0 Å². The first kappa shape index (κ1) is 21.6. The molecule has 0 atom stereocenters. The van der Waals surface area contributed by atoms with Crippen LogP contribution in [0, 0.1) is 13.8 Å². The lowest BCUT2D eigenvalue weighted by Crippen LogP contribution is -2.14.